The highest BCUT2D eigenvalue weighted by molar-refractivity contribution is 5.85. The zero-order valence-corrected chi connectivity index (χ0v) is 12.9. The van der Waals surface area contributed by atoms with Gasteiger partial charge in [-0.05, 0) is 28.2 Å². The third-order valence-electron chi connectivity index (χ3n) is 3.83. The van der Waals surface area contributed by atoms with E-state index < -0.39 is 0 Å². The van der Waals surface area contributed by atoms with E-state index >= 15 is 0 Å². The van der Waals surface area contributed by atoms with Gasteiger partial charge < -0.3 is 10.5 Å². The number of benzene rings is 2. The van der Waals surface area contributed by atoms with Crippen molar-refractivity contribution in [2.45, 2.75) is 39.3 Å². The number of hydrogen-bond acceptors (Lipinski definition) is 2. The van der Waals surface area contributed by atoms with Gasteiger partial charge in [-0.25, -0.2) is 0 Å². The van der Waals surface area contributed by atoms with Gasteiger partial charge in [-0.2, -0.15) is 0 Å². The van der Waals surface area contributed by atoms with Crippen molar-refractivity contribution in [2.75, 3.05) is 7.11 Å². The third-order valence-corrected chi connectivity index (χ3v) is 3.83. The lowest BCUT2D eigenvalue weighted by Crippen LogP contribution is -2.46. The standard InChI is InChI=1S/C18H25NO/c1-18(2,3)17(20-4)16(19)12-14-10-7-9-13-8-5-6-11-15(13)14/h5-11,16-17H,12,19H2,1-4H3. The Labute approximate surface area is 121 Å². The molecule has 0 aromatic heterocycles. The summed E-state index contributed by atoms with van der Waals surface area (Å²) in [6, 6.07) is 14.8. The number of methoxy groups -OCH3 is 1. The molecular weight excluding hydrogens is 246 g/mol. The van der Waals surface area contributed by atoms with E-state index in [2.05, 4.69) is 63.2 Å². The molecule has 0 amide bonds. The molecule has 0 saturated carbocycles. The minimum absolute atomic E-state index is 0.00851. The maximum absolute atomic E-state index is 6.41. The van der Waals surface area contributed by atoms with Crippen molar-refractivity contribution in [3.05, 3.63) is 48.0 Å². The summed E-state index contributed by atoms with van der Waals surface area (Å²) in [5.74, 6) is 0. The fraction of sp³-hybridized carbons (Fsp3) is 0.444. The fourth-order valence-corrected chi connectivity index (χ4v) is 3.00. The molecule has 2 aromatic rings. The first-order chi connectivity index (χ1) is 9.43. The molecule has 2 nitrogen and oxygen atoms in total. The lowest BCUT2D eigenvalue weighted by atomic mass is 9.82. The molecule has 108 valence electrons. The molecule has 2 N–H and O–H groups in total. The van der Waals surface area contributed by atoms with Gasteiger partial charge in [-0.15, -0.1) is 0 Å². The van der Waals surface area contributed by atoms with E-state index in [-0.39, 0.29) is 17.6 Å². The van der Waals surface area contributed by atoms with Gasteiger partial charge in [-0.1, -0.05) is 63.2 Å². The Hall–Kier alpha value is -1.38. The molecule has 0 bridgehead atoms. The molecule has 2 heteroatoms. The van der Waals surface area contributed by atoms with Crippen LogP contribution in [0.3, 0.4) is 0 Å². The topological polar surface area (TPSA) is 35.2 Å². The molecule has 0 spiro atoms. The van der Waals surface area contributed by atoms with E-state index in [0.29, 0.717) is 0 Å². The average Bonchev–Trinajstić information content (AvgIpc) is 2.38. The summed E-state index contributed by atoms with van der Waals surface area (Å²) in [4.78, 5) is 0. The molecule has 0 radical (unpaired) electrons. The first kappa shape index (κ1) is 15.0. The minimum atomic E-state index is -0.00851. The Morgan fingerprint density at radius 1 is 1.05 bits per heavy atom. The van der Waals surface area contributed by atoms with Crippen LogP contribution in [-0.2, 0) is 11.2 Å². The van der Waals surface area contributed by atoms with E-state index in [1.54, 1.807) is 7.11 Å². The highest BCUT2D eigenvalue weighted by atomic mass is 16.5. The van der Waals surface area contributed by atoms with Crippen LogP contribution in [-0.4, -0.2) is 19.3 Å². The van der Waals surface area contributed by atoms with Crippen molar-refractivity contribution in [1.29, 1.82) is 0 Å². The molecule has 0 saturated heterocycles. The summed E-state index contributed by atoms with van der Waals surface area (Å²) in [6.07, 6.45) is 0.874. The lowest BCUT2D eigenvalue weighted by Gasteiger charge is -2.34. The molecule has 2 aromatic carbocycles. The van der Waals surface area contributed by atoms with Gasteiger partial charge in [-0.3, -0.25) is 0 Å². The average molecular weight is 271 g/mol. The van der Waals surface area contributed by atoms with Gasteiger partial charge in [0.25, 0.3) is 0 Å². The molecule has 0 heterocycles. The van der Waals surface area contributed by atoms with Crippen LogP contribution in [0.4, 0.5) is 0 Å². The molecule has 0 aliphatic heterocycles. The molecule has 20 heavy (non-hydrogen) atoms. The van der Waals surface area contributed by atoms with Gasteiger partial charge in [0.2, 0.25) is 0 Å². The molecule has 2 atom stereocenters. The van der Waals surface area contributed by atoms with E-state index in [4.69, 9.17) is 10.5 Å². The predicted molar refractivity (Wildman–Crippen MR) is 85.9 cm³/mol. The normalized spacial score (nSPS) is 15.2. The van der Waals surface area contributed by atoms with Crippen LogP contribution < -0.4 is 5.73 Å². The summed E-state index contributed by atoms with van der Waals surface area (Å²) in [7, 11) is 1.75. The Morgan fingerprint density at radius 3 is 2.35 bits per heavy atom. The van der Waals surface area contributed by atoms with E-state index in [9.17, 15) is 0 Å². The predicted octanol–water partition coefficient (Wildman–Crippen LogP) is 3.77. The van der Waals surface area contributed by atoms with Gasteiger partial charge >= 0.3 is 0 Å². The first-order valence-electron chi connectivity index (χ1n) is 7.18. The zero-order chi connectivity index (χ0) is 14.8. The number of fused-ring (bicyclic) bond motifs is 1. The molecule has 0 fully saturated rings. The second-order valence-electron chi connectivity index (χ2n) is 6.53. The SMILES string of the molecule is COC(C(N)Cc1cccc2ccccc12)C(C)(C)C. The quantitative estimate of drug-likeness (QED) is 0.918. The summed E-state index contributed by atoms with van der Waals surface area (Å²) >= 11 is 0. The van der Waals surface area contributed by atoms with Crippen LogP contribution in [0.2, 0.25) is 0 Å². The van der Waals surface area contributed by atoms with Crippen LogP contribution >= 0.6 is 0 Å². The van der Waals surface area contributed by atoms with Crippen LogP contribution in [0.15, 0.2) is 42.5 Å². The minimum Gasteiger partial charge on any atom is -0.379 e. The van der Waals surface area contributed by atoms with Crippen molar-refractivity contribution in [2.24, 2.45) is 11.1 Å². The van der Waals surface area contributed by atoms with Crippen molar-refractivity contribution in [3.63, 3.8) is 0 Å². The molecule has 0 aliphatic carbocycles. The summed E-state index contributed by atoms with van der Waals surface area (Å²) < 4.78 is 5.64. The zero-order valence-electron chi connectivity index (χ0n) is 12.9. The van der Waals surface area contributed by atoms with Crippen LogP contribution in [0, 0.1) is 5.41 Å². The van der Waals surface area contributed by atoms with Gasteiger partial charge in [0.05, 0.1) is 6.10 Å². The van der Waals surface area contributed by atoms with Crippen LogP contribution in [0.1, 0.15) is 26.3 Å². The van der Waals surface area contributed by atoms with Gasteiger partial charge in [0.15, 0.2) is 0 Å². The Bertz CT molecular complexity index is 566. The number of hydrogen-bond donors (Lipinski definition) is 1. The first-order valence-corrected chi connectivity index (χ1v) is 7.18. The Kier molecular flexibility index (Phi) is 4.46. The molecule has 2 rings (SSSR count). The van der Waals surface area contributed by atoms with Crippen molar-refractivity contribution < 1.29 is 4.74 Å². The second-order valence-corrected chi connectivity index (χ2v) is 6.53. The van der Waals surface area contributed by atoms with E-state index in [0.717, 1.165) is 6.42 Å². The monoisotopic (exact) mass is 271 g/mol. The number of nitrogens with two attached hydrogens (primary N) is 1. The van der Waals surface area contributed by atoms with Gasteiger partial charge in [0.1, 0.15) is 0 Å². The smallest absolute Gasteiger partial charge is 0.0773 e. The fourth-order valence-electron chi connectivity index (χ4n) is 3.00. The van der Waals surface area contributed by atoms with E-state index in [1.165, 1.54) is 16.3 Å². The maximum Gasteiger partial charge on any atom is 0.0773 e. The van der Waals surface area contributed by atoms with Crippen molar-refractivity contribution in [3.8, 4) is 0 Å². The second kappa shape index (κ2) is 5.94. The molecule has 2 unspecified atom stereocenters. The van der Waals surface area contributed by atoms with Crippen LogP contribution in [0.25, 0.3) is 10.8 Å². The highest BCUT2D eigenvalue weighted by Gasteiger charge is 2.30. The van der Waals surface area contributed by atoms with E-state index in [1.807, 2.05) is 0 Å². The highest BCUT2D eigenvalue weighted by Crippen LogP contribution is 2.27. The molecular formula is C18H25NO. The van der Waals surface area contributed by atoms with Crippen LogP contribution in [0.5, 0.6) is 0 Å². The summed E-state index contributed by atoms with van der Waals surface area (Å²) in [6.45, 7) is 6.51. The summed E-state index contributed by atoms with van der Waals surface area (Å²) in [5.41, 5.74) is 7.75. The van der Waals surface area contributed by atoms with Crippen molar-refractivity contribution in [1.82, 2.24) is 0 Å². The third kappa shape index (κ3) is 3.20. The number of ether oxygens (including phenoxy) is 1. The maximum atomic E-state index is 6.41. The van der Waals surface area contributed by atoms with Crippen molar-refractivity contribution >= 4 is 10.8 Å². The Morgan fingerprint density at radius 2 is 1.70 bits per heavy atom. The lowest BCUT2D eigenvalue weighted by molar-refractivity contribution is -0.00159. The largest absolute Gasteiger partial charge is 0.379 e. The Balaban J connectivity index is 2.28. The molecule has 0 aliphatic rings. The van der Waals surface area contributed by atoms with Gasteiger partial charge in [0, 0.05) is 13.2 Å². The summed E-state index contributed by atoms with van der Waals surface area (Å²) in [5, 5.41) is 2.55. The number of rotatable bonds is 4.